The van der Waals surface area contributed by atoms with E-state index in [9.17, 15) is 14.0 Å². The number of hydrogen-bond donors (Lipinski definition) is 1. The average molecular weight is 531 g/mol. The molecule has 0 aromatic carbocycles. The summed E-state index contributed by atoms with van der Waals surface area (Å²) in [6.45, 7) is 1.09. The minimum atomic E-state index is -1.78. The van der Waals surface area contributed by atoms with Gasteiger partial charge in [-0.25, -0.2) is 13.8 Å². The van der Waals surface area contributed by atoms with Crippen molar-refractivity contribution in [2.45, 2.75) is 107 Å². The SMILES string of the molecule is O=C(NCCCn1ccnc1)C1=CN2C3CC4OC5CCCCC5C4CC3OC3C(F)C(F)CC(C1=O)C32. The van der Waals surface area contributed by atoms with Crippen LogP contribution in [0, 0.1) is 17.8 Å². The number of ketones is 1. The van der Waals surface area contributed by atoms with Gasteiger partial charge in [-0.15, -0.1) is 0 Å². The van der Waals surface area contributed by atoms with Crippen LogP contribution in [0.15, 0.2) is 30.5 Å². The predicted molar refractivity (Wildman–Crippen MR) is 132 cm³/mol. The third-order valence-electron chi connectivity index (χ3n) is 10.0. The van der Waals surface area contributed by atoms with E-state index in [0.29, 0.717) is 31.3 Å². The Morgan fingerprint density at radius 1 is 1.08 bits per heavy atom. The molecule has 0 bridgehead atoms. The number of rotatable bonds is 5. The number of imidazole rings is 1. The van der Waals surface area contributed by atoms with E-state index in [0.717, 1.165) is 25.7 Å². The Hall–Kier alpha value is -2.33. The normalized spacial score (nSPS) is 43.4. The van der Waals surface area contributed by atoms with Gasteiger partial charge in [0.1, 0.15) is 12.3 Å². The van der Waals surface area contributed by atoms with E-state index in [4.69, 9.17) is 9.47 Å². The van der Waals surface area contributed by atoms with Crippen LogP contribution in [0.25, 0.3) is 0 Å². The number of alkyl halides is 2. The van der Waals surface area contributed by atoms with Crippen molar-refractivity contribution in [1.82, 2.24) is 19.8 Å². The fourth-order valence-electron chi connectivity index (χ4n) is 8.31. The molecule has 5 fully saturated rings. The van der Waals surface area contributed by atoms with Gasteiger partial charge in [0.05, 0.1) is 42.3 Å². The molecule has 8 nitrogen and oxygen atoms in total. The van der Waals surface area contributed by atoms with Gasteiger partial charge in [0.2, 0.25) is 0 Å². The molecule has 11 atom stereocenters. The van der Waals surface area contributed by atoms with Crippen molar-refractivity contribution in [3.8, 4) is 0 Å². The zero-order chi connectivity index (χ0) is 26.0. The summed E-state index contributed by atoms with van der Waals surface area (Å²) in [6, 6.07) is -0.718. The molecule has 3 aliphatic heterocycles. The van der Waals surface area contributed by atoms with E-state index in [1.807, 2.05) is 15.7 Å². The van der Waals surface area contributed by atoms with E-state index in [1.54, 1.807) is 18.7 Å². The summed E-state index contributed by atoms with van der Waals surface area (Å²) < 4.78 is 45.0. The van der Waals surface area contributed by atoms with Gasteiger partial charge < -0.3 is 24.3 Å². The van der Waals surface area contributed by atoms with Crippen molar-refractivity contribution in [2.75, 3.05) is 6.54 Å². The second-order valence-electron chi connectivity index (χ2n) is 12.1. The van der Waals surface area contributed by atoms with Crippen molar-refractivity contribution < 1.29 is 27.8 Å². The third-order valence-corrected chi connectivity index (χ3v) is 10.0. The van der Waals surface area contributed by atoms with Crippen LogP contribution < -0.4 is 5.32 Å². The number of nitrogens with one attached hydrogen (secondary N) is 1. The highest BCUT2D eigenvalue weighted by atomic mass is 19.2. The summed E-state index contributed by atoms with van der Waals surface area (Å²) in [6.07, 6.45) is 9.01. The number of ether oxygens (including phenoxy) is 2. The van der Waals surface area contributed by atoms with Crippen molar-refractivity contribution in [3.63, 3.8) is 0 Å². The molecule has 3 saturated carbocycles. The minimum absolute atomic E-state index is 0.0425. The number of nitrogens with zero attached hydrogens (tertiary/aromatic N) is 3. The molecular weight excluding hydrogens is 494 g/mol. The number of amides is 1. The van der Waals surface area contributed by atoms with E-state index in [-0.39, 0.29) is 36.3 Å². The average Bonchev–Trinajstić information content (AvgIpc) is 3.57. The number of hydrogen-bond acceptors (Lipinski definition) is 6. The van der Waals surface area contributed by atoms with Crippen LogP contribution in [-0.4, -0.2) is 81.5 Å². The van der Waals surface area contributed by atoms with Crippen LogP contribution in [-0.2, 0) is 25.6 Å². The molecule has 2 saturated heterocycles. The quantitative estimate of drug-likeness (QED) is 0.466. The molecule has 1 aromatic heterocycles. The largest absolute Gasteiger partial charge is 0.374 e. The summed E-state index contributed by atoms with van der Waals surface area (Å²) in [4.78, 5) is 32.7. The third kappa shape index (κ3) is 4.01. The number of carbonyl (C=O) groups is 2. The Balaban J connectivity index is 1.13. The molecule has 1 aromatic rings. The van der Waals surface area contributed by atoms with Gasteiger partial charge in [-0.2, -0.15) is 0 Å². The lowest BCUT2D eigenvalue weighted by Gasteiger charge is -2.59. The van der Waals surface area contributed by atoms with Gasteiger partial charge in [0.25, 0.3) is 5.91 Å². The van der Waals surface area contributed by atoms with E-state index >= 15 is 4.39 Å². The zero-order valence-electron chi connectivity index (χ0n) is 21.5. The molecular formula is C28H36F2N4O4. The molecule has 10 heteroatoms. The monoisotopic (exact) mass is 530 g/mol. The lowest BCUT2D eigenvalue weighted by atomic mass is 9.67. The minimum Gasteiger partial charge on any atom is -0.374 e. The highest BCUT2D eigenvalue weighted by molar-refractivity contribution is 6.20. The highest BCUT2D eigenvalue weighted by Crippen LogP contribution is 2.52. The van der Waals surface area contributed by atoms with Crippen LogP contribution >= 0.6 is 0 Å². The molecule has 38 heavy (non-hydrogen) atoms. The smallest absolute Gasteiger partial charge is 0.256 e. The second kappa shape index (κ2) is 9.70. The van der Waals surface area contributed by atoms with E-state index in [1.165, 1.54) is 12.8 Å². The van der Waals surface area contributed by atoms with Crippen molar-refractivity contribution in [2.24, 2.45) is 17.8 Å². The second-order valence-corrected chi connectivity index (χ2v) is 12.1. The molecule has 4 heterocycles. The zero-order valence-corrected chi connectivity index (χ0v) is 21.5. The Bertz CT molecular complexity index is 1100. The standard InChI is InChI=1S/C28H36F2N4O4/c29-19-10-17-25-27(24(19)30)38-23-11-16-15-4-1-2-5-21(15)37-22(16)12-20(23)34(25)13-18(26(17)35)28(36)32-6-3-8-33-9-7-31-14-33/h7,9,13-17,19-25,27H,1-6,8,10-12H2,(H,32,36). The van der Waals surface area contributed by atoms with Crippen LogP contribution in [0.3, 0.4) is 0 Å². The van der Waals surface area contributed by atoms with Gasteiger partial charge in [-0.1, -0.05) is 12.8 Å². The van der Waals surface area contributed by atoms with Crippen LogP contribution in [0.1, 0.15) is 51.4 Å². The number of morpholine rings is 1. The maximum Gasteiger partial charge on any atom is 0.256 e. The van der Waals surface area contributed by atoms with Crippen molar-refractivity contribution >= 4 is 11.7 Å². The molecule has 1 N–H and O–H groups in total. The number of halogens is 2. The van der Waals surface area contributed by atoms with Crippen LogP contribution in [0.4, 0.5) is 8.78 Å². The van der Waals surface area contributed by atoms with Gasteiger partial charge >= 0.3 is 0 Å². The molecule has 7 rings (SSSR count). The van der Waals surface area contributed by atoms with Gasteiger partial charge in [-0.05, 0) is 50.4 Å². The molecule has 0 radical (unpaired) electrons. The first-order chi connectivity index (χ1) is 18.5. The first kappa shape index (κ1) is 24.7. The summed E-state index contributed by atoms with van der Waals surface area (Å²) in [5, 5.41) is 2.87. The van der Waals surface area contributed by atoms with Gasteiger partial charge in [0, 0.05) is 37.6 Å². The van der Waals surface area contributed by atoms with Gasteiger partial charge in [0.15, 0.2) is 12.0 Å². The Labute approximate surface area is 221 Å². The summed E-state index contributed by atoms with van der Waals surface area (Å²) >= 11 is 0. The lowest BCUT2D eigenvalue weighted by Crippen LogP contribution is -2.71. The van der Waals surface area contributed by atoms with Crippen LogP contribution in [0.2, 0.25) is 0 Å². The number of aromatic nitrogens is 2. The Kier molecular flexibility index (Phi) is 6.30. The molecule has 206 valence electrons. The number of fused-ring (bicyclic) bond motifs is 5. The number of Topliss-reactive ketones (excluding diaryl/α,β-unsaturated/α-hetero) is 1. The first-order valence-corrected chi connectivity index (χ1v) is 14.4. The Morgan fingerprint density at radius 3 is 2.79 bits per heavy atom. The Morgan fingerprint density at radius 2 is 1.95 bits per heavy atom. The molecule has 0 spiro atoms. The first-order valence-electron chi connectivity index (χ1n) is 14.4. The summed E-state index contributed by atoms with van der Waals surface area (Å²) in [5.74, 6) is -0.785. The predicted octanol–water partition coefficient (Wildman–Crippen LogP) is 2.73. The maximum atomic E-state index is 15.3. The molecule has 6 aliphatic rings. The maximum absolute atomic E-state index is 15.3. The topological polar surface area (TPSA) is 85.7 Å². The highest BCUT2D eigenvalue weighted by Gasteiger charge is 2.61. The van der Waals surface area contributed by atoms with E-state index < -0.39 is 42.1 Å². The fourth-order valence-corrected chi connectivity index (χ4v) is 8.31. The van der Waals surface area contributed by atoms with Crippen molar-refractivity contribution in [1.29, 1.82) is 0 Å². The molecule has 1 amide bonds. The van der Waals surface area contributed by atoms with Crippen LogP contribution in [0.5, 0.6) is 0 Å². The molecule has 11 unspecified atom stereocenters. The van der Waals surface area contributed by atoms with E-state index in [2.05, 4.69) is 10.3 Å². The summed E-state index contributed by atoms with van der Waals surface area (Å²) in [5.41, 5.74) is 0.0425. The number of carbonyl (C=O) groups excluding carboxylic acids is 2. The van der Waals surface area contributed by atoms with Gasteiger partial charge in [-0.3, -0.25) is 9.59 Å². The van der Waals surface area contributed by atoms with Crippen molar-refractivity contribution in [3.05, 3.63) is 30.5 Å². The number of aryl methyl sites for hydroxylation is 1. The lowest BCUT2D eigenvalue weighted by molar-refractivity contribution is -0.220. The molecule has 3 aliphatic carbocycles. The summed E-state index contributed by atoms with van der Waals surface area (Å²) in [7, 11) is 0. The fraction of sp³-hybridized carbons (Fsp3) is 0.750.